The number of aromatic nitrogens is 1. The second-order valence-electron chi connectivity index (χ2n) is 6.93. The number of carbonyl (C=O) groups excluding carboxylic acids is 1. The van der Waals surface area contributed by atoms with Crippen molar-refractivity contribution in [2.75, 3.05) is 11.4 Å². The molecular weight excluding hydrogens is 352 g/mol. The zero-order valence-electron chi connectivity index (χ0n) is 14.6. The van der Waals surface area contributed by atoms with E-state index in [1.807, 2.05) is 12.1 Å². The van der Waals surface area contributed by atoms with Gasteiger partial charge in [0.1, 0.15) is 11.4 Å². The molecule has 2 amide bonds. The molecule has 4 rings (SSSR count). The number of rotatable bonds is 3. The lowest BCUT2D eigenvalue weighted by atomic mass is 10.1. The molecule has 0 fully saturated rings. The van der Waals surface area contributed by atoms with E-state index in [2.05, 4.69) is 18.8 Å². The summed E-state index contributed by atoms with van der Waals surface area (Å²) in [6, 6.07) is 8.83. The zero-order valence-corrected chi connectivity index (χ0v) is 15.3. The Morgan fingerprint density at radius 3 is 2.73 bits per heavy atom. The maximum atomic E-state index is 13.2. The molecule has 0 bridgehead atoms. The number of halogens is 1. The fourth-order valence-electron chi connectivity index (χ4n) is 3.25. The Morgan fingerprint density at radius 1 is 1.31 bits per heavy atom. The van der Waals surface area contributed by atoms with Crippen molar-refractivity contribution in [1.29, 1.82) is 0 Å². The number of carbonyl (C=O) groups is 1. The minimum absolute atomic E-state index is 0.0186. The van der Waals surface area contributed by atoms with E-state index >= 15 is 0 Å². The number of benzene rings is 1. The fraction of sp³-hybridized carbons (Fsp3) is 0.316. The average molecular weight is 371 g/mol. The van der Waals surface area contributed by atoms with Gasteiger partial charge in [0.25, 0.3) is 0 Å². The van der Waals surface area contributed by atoms with Crippen molar-refractivity contribution in [3.63, 3.8) is 0 Å². The van der Waals surface area contributed by atoms with E-state index in [9.17, 15) is 9.90 Å². The average Bonchev–Trinajstić information content (AvgIpc) is 3.06. The molecule has 2 aliphatic rings. The monoisotopic (exact) mass is 370 g/mol. The first kappa shape index (κ1) is 16.8. The second kappa shape index (κ2) is 6.29. The van der Waals surface area contributed by atoms with Crippen LogP contribution in [0.4, 0.5) is 10.5 Å². The number of aliphatic imine (C=N–C) groups is 1. The molecule has 7 heteroatoms. The van der Waals surface area contributed by atoms with Crippen LogP contribution in [-0.2, 0) is 6.54 Å². The summed E-state index contributed by atoms with van der Waals surface area (Å²) in [7, 11) is 0. The number of urea groups is 1. The van der Waals surface area contributed by atoms with Gasteiger partial charge in [-0.25, -0.2) is 9.78 Å². The van der Waals surface area contributed by atoms with Gasteiger partial charge in [0.2, 0.25) is 0 Å². The Bertz CT molecular complexity index is 895. The van der Waals surface area contributed by atoms with Crippen LogP contribution in [0.25, 0.3) is 0 Å². The van der Waals surface area contributed by atoms with Crippen LogP contribution in [0, 0.1) is 5.92 Å². The first-order valence-corrected chi connectivity index (χ1v) is 8.92. The first-order valence-electron chi connectivity index (χ1n) is 8.54. The van der Waals surface area contributed by atoms with Gasteiger partial charge < -0.3 is 5.11 Å². The molecule has 6 nitrogen and oxygen atoms in total. The molecule has 0 spiro atoms. The zero-order chi connectivity index (χ0) is 18.4. The quantitative estimate of drug-likeness (QED) is 0.896. The first-order chi connectivity index (χ1) is 12.4. The van der Waals surface area contributed by atoms with Crippen molar-refractivity contribution in [3.05, 3.63) is 52.8 Å². The normalized spacial score (nSPS) is 18.8. The van der Waals surface area contributed by atoms with Crippen molar-refractivity contribution in [3.8, 4) is 5.75 Å². The minimum atomic E-state index is -0.151. The summed E-state index contributed by atoms with van der Waals surface area (Å²) < 4.78 is 0. The number of aromatic hydroxyl groups is 1. The molecule has 0 saturated carbocycles. The molecule has 2 aliphatic heterocycles. The summed E-state index contributed by atoms with van der Waals surface area (Å²) in [6.45, 7) is 5.10. The van der Waals surface area contributed by atoms with E-state index in [1.54, 1.807) is 28.0 Å². The Kier molecular flexibility index (Phi) is 4.07. The molecule has 26 heavy (non-hydrogen) atoms. The maximum absolute atomic E-state index is 13.2. The van der Waals surface area contributed by atoms with Gasteiger partial charge in [-0.2, -0.15) is 0 Å². The Morgan fingerprint density at radius 2 is 2.04 bits per heavy atom. The van der Waals surface area contributed by atoms with Crippen LogP contribution in [0.1, 0.15) is 25.1 Å². The van der Waals surface area contributed by atoms with E-state index in [4.69, 9.17) is 16.6 Å². The van der Waals surface area contributed by atoms with Crippen LogP contribution in [0.2, 0.25) is 5.02 Å². The molecular formula is C19H19ClN4O2. The molecule has 2 aromatic rings. The molecule has 1 aromatic heterocycles. The molecule has 0 aliphatic carbocycles. The lowest BCUT2D eigenvalue weighted by Crippen LogP contribution is -2.50. The number of hydrogen-bond acceptors (Lipinski definition) is 4. The molecule has 1 N–H and O–H groups in total. The van der Waals surface area contributed by atoms with Gasteiger partial charge in [-0.1, -0.05) is 37.6 Å². The van der Waals surface area contributed by atoms with Gasteiger partial charge in [-0.15, -0.1) is 0 Å². The number of anilines is 1. The maximum Gasteiger partial charge on any atom is 0.330 e. The second-order valence-corrected chi connectivity index (χ2v) is 7.37. The number of amides is 2. The molecule has 134 valence electrons. The highest BCUT2D eigenvalue weighted by atomic mass is 35.5. The summed E-state index contributed by atoms with van der Waals surface area (Å²) >= 11 is 5.96. The number of hydrogen-bond donors (Lipinski definition) is 1. The van der Waals surface area contributed by atoms with Crippen molar-refractivity contribution in [2.45, 2.75) is 26.4 Å². The Labute approximate surface area is 156 Å². The summed E-state index contributed by atoms with van der Waals surface area (Å²) in [5.41, 5.74) is 2.14. The molecule has 0 saturated heterocycles. The SMILES string of the molecule is CC(C)C1CN2C(=O)N(Cc3ccc(Cl)cc3)c3cc(O)cnc3C2=N1. The molecule has 3 heterocycles. The molecule has 1 aromatic carbocycles. The molecule has 0 radical (unpaired) electrons. The number of fused-ring (bicyclic) bond motifs is 3. The van der Waals surface area contributed by atoms with Crippen LogP contribution in [-0.4, -0.2) is 39.4 Å². The Balaban J connectivity index is 1.77. The van der Waals surface area contributed by atoms with E-state index in [1.165, 1.54) is 6.20 Å². The predicted octanol–water partition coefficient (Wildman–Crippen LogP) is 3.67. The van der Waals surface area contributed by atoms with Gasteiger partial charge >= 0.3 is 6.03 Å². The van der Waals surface area contributed by atoms with Gasteiger partial charge in [0, 0.05) is 11.1 Å². The van der Waals surface area contributed by atoms with Crippen LogP contribution in [0.5, 0.6) is 5.75 Å². The van der Waals surface area contributed by atoms with E-state index in [-0.39, 0.29) is 17.8 Å². The Hall–Kier alpha value is -2.60. The summed E-state index contributed by atoms with van der Waals surface area (Å²) in [4.78, 5) is 25.6. The number of nitrogens with zero attached hydrogens (tertiary/aromatic N) is 4. The lowest BCUT2D eigenvalue weighted by molar-refractivity contribution is 0.225. The van der Waals surface area contributed by atoms with Crippen molar-refractivity contribution in [2.24, 2.45) is 10.9 Å². The molecule has 1 unspecified atom stereocenters. The third-order valence-electron chi connectivity index (χ3n) is 4.75. The van der Waals surface area contributed by atoms with Crippen molar-refractivity contribution < 1.29 is 9.90 Å². The smallest absolute Gasteiger partial charge is 0.330 e. The van der Waals surface area contributed by atoms with Gasteiger partial charge in [0.05, 0.1) is 31.0 Å². The van der Waals surface area contributed by atoms with Gasteiger partial charge in [-0.05, 0) is 23.6 Å². The molecule has 1 atom stereocenters. The van der Waals surface area contributed by atoms with E-state index in [0.717, 1.165) is 5.56 Å². The number of amidine groups is 1. The summed E-state index contributed by atoms with van der Waals surface area (Å²) in [5, 5.41) is 10.5. The van der Waals surface area contributed by atoms with Crippen LogP contribution in [0.15, 0.2) is 41.5 Å². The minimum Gasteiger partial charge on any atom is -0.506 e. The fourth-order valence-corrected chi connectivity index (χ4v) is 3.38. The van der Waals surface area contributed by atoms with Gasteiger partial charge in [0.15, 0.2) is 5.84 Å². The largest absolute Gasteiger partial charge is 0.506 e. The van der Waals surface area contributed by atoms with Crippen molar-refractivity contribution in [1.82, 2.24) is 9.88 Å². The van der Waals surface area contributed by atoms with Crippen LogP contribution >= 0.6 is 11.6 Å². The standard InChI is InChI=1S/C19H19ClN4O2/c1-11(2)15-10-24-18(22-15)17-16(7-14(25)8-21-17)23(19(24)26)9-12-3-5-13(20)6-4-12/h3-8,11,15,25H,9-10H2,1-2H3. The van der Waals surface area contributed by atoms with E-state index < -0.39 is 0 Å². The summed E-state index contributed by atoms with van der Waals surface area (Å²) in [5.74, 6) is 0.937. The highest BCUT2D eigenvalue weighted by molar-refractivity contribution is 6.30. The topological polar surface area (TPSA) is 69.0 Å². The van der Waals surface area contributed by atoms with Crippen LogP contribution in [0.3, 0.4) is 0 Å². The van der Waals surface area contributed by atoms with Crippen LogP contribution < -0.4 is 4.90 Å². The van der Waals surface area contributed by atoms with Gasteiger partial charge in [-0.3, -0.25) is 14.8 Å². The highest BCUT2D eigenvalue weighted by Crippen LogP contribution is 2.35. The lowest BCUT2D eigenvalue weighted by Gasteiger charge is -2.34. The third kappa shape index (κ3) is 2.80. The summed E-state index contributed by atoms with van der Waals surface area (Å²) in [6.07, 6.45) is 1.39. The third-order valence-corrected chi connectivity index (χ3v) is 5.01. The predicted molar refractivity (Wildman–Crippen MR) is 101 cm³/mol. The number of pyridine rings is 1. The highest BCUT2D eigenvalue weighted by Gasteiger charge is 2.41. The van der Waals surface area contributed by atoms with Crippen molar-refractivity contribution >= 4 is 29.2 Å². The van der Waals surface area contributed by atoms with E-state index in [0.29, 0.717) is 41.2 Å².